The van der Waals surface area contributed by atoms with E-state index in [0.29, 0.717) is 26.1 Å². The third-order valence-corrected chi connectivity index (χ3v) is 7.27. The Labute approximate surface area is 218 Å². The van der Waals surface area contributed by atoms with Crippen molar-refractivity contribution >= 4 is 11.8 Å². The molecule has 1 aliphatic heterocycles. The Balaban J connectivity index is 1.37. The van der Waals surface area contributed by atoms with E-state index in [-0.39, 0.29) is 23.4 Å². The molecule has 7 nitrogen and oxygen atoms in total. The van der Waals surface area contributed by atoms with Crippen molar-refractivity contribution in [2.45, 2.75) is 64.3 Å². The summed E-state index contributed by atoms with van der Waals surface area (Å²) >= 11 is 0. The van der Waals surface area contributed by atoms with Crippen LogP contribution < -0.4 is 9.80 Å². The monoisotopic (exact) mass is 530 g/mol. The first-order valence-electron chi connectivity index (χ1n) is 12.7. The predicted octanol–water partition coefficient (Wildman–Crippen LogP) is 4.45. The fourth-order valence-corrected chi connectivity index (χ4v) is 5.35. The Morgan fingerprint density at radius 2 is 1.74 bits per heavy atom. The van der Waals surface area contributed by atoms with Crippen molar-refractivity contribution in [2.24, 2.45) is 0 Å². The van der Waals surface area contributed by atoms with Crippen LogP contribution in [0.25, 0.3) is 0 Å². The largest absolute Gasteiger partial charge is 0.433 e. The molecule has 0 radical (unpaired) electrons. The standard InChI is InChI=1S/C27H30F4N6O/c1-16-15-36(11-12-37(16)25-32-14-21(26(2,3)38)23(33-25)27(29,30)31)24-20-6-4-5-19(20)22(34-35-24)13-17-7-9-18(28)10-8-17/h7-10,14,16,38H,4-6,11-13,15H2,1-3H3/t16-/m1/s1. The van der Waals surface area contributed by atoms with Crippen molar-refractivity contribution < 1.29 is 22.7 Å². The lowest BCUT2D eigenvalue weighted by molar-refractivity contribution is -0.144. The number of nitrogens with zero attached hydrogens (tertiary/aromatic N) is 6. The third-order valence-electron chi connectivity index (χ3n) is 7.27. The van der Waals surface area contributed by atoms with Gasteiger partial charge in [-0.25, -0.2) is 14.4 Å². The maximum Gasteiger partial charge on any atom is 0.433 e. The van der Waals surface area contributed by atoms with Gasteiger partial charge in [-0.05, 0) is 63.3 Å². The van der Waals surface area contributed by atoms with Crippen molar-refractivity contribution in [1.82, 2.24) is 20.2 Å². The van der Waals surface area contributed by atoms with Gasteiger partial charge in [0.25, 0.3) is 0 Å². The summed E-state index contributed by atoms with van der Waals surface area (Å²) in [6, 6.07) is 6.21. The Morgan fingerprint density at radius 3 is 2.39 bits per heavy atom. The normalized spacial score (nSPS) is 18.2. The van der Waals surface area contributed by atoms with Gasteiger partial charge in [0.05, 0.1) is 11.3 Å². The first-order valence-corrected chi connectivity index (χ1v) is 12.7. The maximum atomic E-state index is 13.8. The van der Waals surface area contributed by atoms with E-state index in [2.05, 4.69) is 25.1 Å². The van der Waals surface area contributed by atoms with Gasteiger partial charge in [0.2, 0.25) is 5.95 Å². The fourth-order valence-electron chi connectivity index (χ4n) is 5.35. The summed E-state index contributed by atoms with van der Waals surface area (Å²) < 4.78 is 54.6. The summed E-state index contributed by atoms with van der Waals surface area (Å²) in [5.74, 6) is 0.534. The lowest BCUT2D eigenvalue weighted by Crippen LogP contribution is -2.53. The molecule has 3 aromatic rings. The molecule has 1 aromatic carbocycles. The Kier molecular flexibility index (Phi) is 6.75. The van der Waals surface area contributed by atoms with Gasteiger partial charge < -0.3 is 14.9 Å². The number of alkyl halides is 3. The quantitative estimate of drug-likeness (QED) is 0.489. The summed E-state index contributed by atoms with van der Waals surface area (Å²) in [5.41, 5.74) is 1.03. The van der Waals surface area contributed by atoms with Crippen molar-refractivity contribution in [3.05, 3.63) is 69.9 Å². The highest BCUT2D eigenvalue weighted by molar-refractivity contribution is 5.55. The van der Waals surface area contributed by atoms with Crippen molar-refractivity contribution in [3.63, 3.8) is 0 Å². The fraction of sp³-hybridized carbons (Fsp3) is 0.481. The van der Waals surface area contributed by atoms with Crippen LogP contribution in [0.1, 0.15) is 60.8 Å². The second kappa shape index (κ2) is 9.76. The summed E-state index contributed by atoms with van der Waals surface area (Å²) in [4.78, 5) is 11.9. The molecule has 1 saturated heterocycles. The van der Waals surface area contributed by atoms with Crippen LogP contribution in [0, 0.1) is 5.82 Å². The molecule has 1 fully saturated rings. The molecule has 11 heteroatoms. The van der Waals surface area contributed by atoms with Gasteiger partial charge in [0.1, 0.15) is 5.82 Å². The molecule has 1 aliphatic carbocycles. The van der Waals surface area contributed by atoms with Crippen LogP contribution in [0.15, 0.2) is 30.5 Å². The van der Waals surface area contributed by atoms with Crippen molar-refractivity contribution in [2.75, 3.05) is 29.4 Å². The van der Waals surface area contributed by atoms with Crippen LogP contribution in [0.4, 0.5) is 29.3 Å². The summed E-state index contributed by atoms with van der Waals surface area (Å²) in [6.45, 7) is 5.95. The minimum absolute atomic E-state index is 0.0107. The summed E-state index contributed by atoms with van der Waals surface area (Å²) in [7, 11) is 0. The van der Waals surface area contributed by atoms with Gasteiger partial charge in [-0.1, -0.05) is 12.1 Å². The molecule has 0 spiro atoms. The van der Waals surface area contributed by atoms with Gasteiger partial charge in [-0.2, -0.15) is 18.3 Å². The first kappa shape index (κ1) is 26.3. The van der Waals surface area contributed by atoms with Gasteiger partial charge in [-0.15, -0.1) is 5.10 Å². The van der Waals surface area contributed by atoms with E-state index in [4.69, 9.17) is 0 Å². The van der Waals surface area contributed by atoms with Gasteiger partial charge in [0, 0.05) is 49.4 Å². The smallest absolute Gasteiger partial charge is 0.386 e. The lowest BCUT2D eigenvalue weighted by atomic mass is 9.98. The van der Waals surface area contributed by atoms with E-state index in [1.165, 1.54) is 37.1 Å². The van der Waals surface area contributed by atoms with Crippen LogP contribution in [0.5, 0.6) is 0 Å². The molecule has 3 heterocycles. The number of hydrogen-bond acceptors (Lipinski definition) is 7. The molecule has 1 N–H and O–H groups in total. The highest BCUT2D eigenvalue weighted by Crippen LogP contribution is 2.37. The minimum atomic E-state index is -4.72. The average Bonchev–Trinajstić information content (AvgIpc) is 3.35. The van der Waals surface area contributed by atoms with Crippen molar-refractivity contribution in [1.29, 1.82) is 0 Å². The lowest BCUT2D eigenvalue weighted by Gasteiger charge is -2.41. The van der Waals surface area contributed by atoms with E-state index < -0.39 is 17.5 Å². The number of aliphatic hydroxyl groups is 1. The van der Waals surface area contributed by atoms with E-state index in [1.807, 2.05) is 6.92 Å². The maximum absolute atomic E-state index is 13.8. The zero-order chi connectivity index (χ0) is 27.2. The molecule has 1 atom stereocenters. The summed E-state index contributed by atoms with van der Waals surface area (Å²) in [6.07, 6.45) is -0.262. The molecule has 5 rings (SSSR count). The van der Waals surface area contributed by atoms with Gasteiger partial charge in [0.15, 0.2) is 11.5 Å². The van der Waals surface area contributed by atoms with Crippen LogP contribution in [0.3, 0.4) is 0 Å². The Hall–Kier alpha value is -3.34. The number of piperazine rings is 1. The number of halogens is 4. The number of benzene rings is 1. The van der Waals surface area contributed by atoms with Crippen LogP contribution in [0.2, 0.25) is 0 Å². The average molecular weight is 531 g/mol. The minimum Gasteiger partial charge on any atom is -0.386 e. The van der Waals surface area contributed by atoms with E-state index in [0.717, 1.165) is 42.5 Å². The molecular formula is C27H30F4N6O. The topological polar surface area (TPSA) is 78.3 Å². The van der Waals surface area contributed by atoms with E-state index in [1.54, 1.807) is 17.0 Å². The molecule has 0 unspecified atom stereocenters. The Bertz CT molecular complexity index is 1320. The number of anilines is 2. The second-order valence-electron chi connectivity index (χ2n) is 10.6. The zero-order valence-electron chi connectivity index (χ0n) is 21.6. The number of rotatable bonds is 5. The van der Waals surface area contributed by atoms with Crippen LogP contribution in [-0.4, -0.2) is 50.9 Å². The molecule has 38 heavy (non-hydrogen) atoms. The molecule has 0 amide bonds. The third kappa shape index (κ3) is 5.16. The SMILES string of the molecule is C[C@@H]1CN(c2nnc(Cc3ccc(F)cc3)c3c2CCC3)CCN1c1ncc(C(C)(C)O)c(C(F)(F)F)n1. The highest BCUT2D eigenvalue weighted by Gasteiger charge is 2.41. The molecular weight excluding hydrogens is 500 g/mol. The number of fused-ring (bicyclic) bond motifs is 1. The molecule has 202 valence electrons. The number of aromatic nitrogens is 4. The summed E-state index contributed by atoms with van der Waals surface area (Å²) in [5, 5.41) is 19.3. The van der Waals surface area contributed by atoms with Gasteiger partial charge >= 0.3 is 6.18 Å². The van der Waals surface area contributed by atoms with E-state index in [9.17, 15) is 22.7 Å². The number of hydrogen-bond donors (Lipinski definition) is 1. The predicted molar refractivity (Wildman–Crippen MR) is 135 cm³/mol. The highest BCUT2D eigenvalue weighted by atomic mass is 19.4. The zero-order valence-corrected chi connectivity index (χ0v) is 21.6. The molecule has 0 bridgehead atoms. The Morgan fingerprint density at radius 1 is 1.03 bits per heavy atom. The first-order chi connectivity index (χ1) is 17.9. The molecule has 2 aliphatic rings. The molecule has 2 aromatic heterocycles. The molecule has 0 saturated carbocycles. The van der Waals surface area contributed by atoms with E-state index >= 15 is 0 Å². The van der Waals surface area contributed by atoms with Crippen LogP contribution in [-0.2, 0) is 31.0 Å². The second-order valence-corrected chi connectivity index (χ2v) is 10.6. The van der Waals surface area contributed by atoms with Gasteiger partial charge in [-0.3, -0.25) is 0 Å². The van der Waals surface area contributed by atoms with Crippen LogP contribution >= 0.6 is 0 Å². The van der Waals surface area contributed by atoms with Crippen molar-refractivity contribution in [3.8, 4) is 0 Å².